The summed E-state index contributed by atoms with van der Waals surface area (Å²) in [5, 5.41) is 0. The third-order valence-corrected chi connectivity index (χ3v) is 5.05. The number of rotatable bonds is 10. The summed E-state index contributed by atoms with van der Waals surface area (Å²) in [5.41, 5.74) is 9.99. The zero-order chi connectivity index (χ0) is 24.2. The molecule has 2 aromatic rings. The Hall–Kier alpha value is -3.47. The van der Waals surface area contributed by atoms with Gasteiger partial charge in [-0.1, -0.05) is 6.07 Å². The zero-order valence-corrected chi connectivity index (χ0v) is 18.6. The molecule has 0 bridgehead atoms. The molecule has 0 fully saturated rings. The van der Waals surface area contributed by atoms with Gasteiger partial charge in [0, 0.05) is 12.6 Å². The number of aromatic nitrogens is 2. The molecule has 0 saturated heterocycles. The predicted molar refractivity (Wildman–Crippen MR) is 117 cm³/mol. The average molecular weight is 449 g/mol. The molecule has 0 unspecified atom stereocenters. The van der Waals surface area contributed by atoms with Crippen molar-refractivity contribution in [2.75, 3.05) is 25.9 Å². The minimum Gasteiger partial charge on any atom is -0.494 e. The van der Waals surface area contributed by atoms with E-state index in [9.17, 15) is 23.6 Å². The number of primary amides is 1. The van der Waals surface area contributed by atoms with E-state index < -0.39 is 28.8 Å². The number of nitrogens with zero attached hydrogens (tertiary/aromatic N) is 3. The van der Waals surface area contributed by atoms with Crippen LogP contribution in [0.1, 0.15) is 36.7 Å². The van der Waals surface area contributed by atoms with Crippen molar-refractivity contribution in [2.24, 2.45) is 5.73 Å². The van der Waals surface area contributed by atoms with Gasteiger partial charge >= 0.3 is 5.69 Å². The SMILES string of the molecule is CCn1c(=O)c(C(=O)CN(CC(N)=O)C(C)C)c(N)n(Cc2ccc(F)c(OC)c2)c1=O. The van der Waals surface area contributed by atoms with E-state index in [2.05, 4.69) is 0 Å². The number of hydrogen-bond acceptors (Lipinski definition) is 7. The van der Waals surface area contributed by atoms with Crippen molar-refractivity contribution in [3.63, 3.8) is 0 Å². The molecular weight excluding hydrogens is 421 g/mol. The molecule has 1 amide bonds. The highest BCUT2D eigenvalue weighted by Crippen LogP contribution is 2.19. The van der Waals surface area contributed by atoms with Crippen molar-refractivity contribution < 1.29 is 18.7 Å². The van der Waals surface area contributed by atoms with Crippen LogP contribution in [0.2, 0.25) is 0 Å². The number of nitrogens with two attached hydrogens (primary N) is 2. The van der Waals surface area contributed by atoms with Crippen molar-refractivity contribution in [1.29, 1.82) is 0 Å². The van der Waals surface area contributed by atoms with E-state index in [1.54, 1.807) is 20.8 Å². The van der Waals surface area contributed by atoms with Crippen LogP contribution in [-0.4, -0.2) is 52.0 Å². The Bertz CT molecular complexity index is 1140. The molecule has 1 aromatic carbocycles. The third-order valence-electron chi connectivity index (χ3n) is 5.05. The Kier molecular flexibility index (Phi) is 7.92. The number of ether oxygens (including phenoxy) is 1. The second kappa shape index (κ2) is 10.2. The zero-order valence-electron chi connectivity index (χ0n) is 18.6. The first-order chi connectivity index (χ1) is 15.0. The van der Waals surface area contributed by atoms with Crippen molar-refractivity contribution in [1.82, 2.24) is 14.0 Å². The Balaban J connectivity index is 2.58. The van der Waals surface area contributed by atoms with Crippen molar-refractivity contribution >= 4 is 17.5 Å². The lowest BCUT2D eigenvalue weighted by molar-refractivity contribution is -0.119. The fraction of sp³-hybridized carbons (Fsp3) is 0.429. The second-order valence-corrected chi connectivity index (χ2v) is 7.54. The Morgan fingerprint density at radius 2 is 1.84 bits per heavy atom. The Morgan fingerprint density at radius 1 is 1.19 bits per heavy atom. The summed E-state index contributed by atoms with van der Waals surface area (Å²) in [6, 6.07) is 3.82. The number of hydrogen-bond donors (Lipinski definition) is 2. The van der Waals surface area contributed by atoms with Crippen molar-refractivity contribution in [3.05, 3.63) is 56.0 Å². The monoisotopic (exact) mass is 449 g/mol. The molecule has 32 heavy (non-hydrogen) atoms. The van der Waals surface area contributed by atoms with E-state index in [0.717, 1.165) is 9.13 Å². The first kappa shape index (κ1) is 24.8. The maximum atomic E-state index is 13.7. The minimum atomic E-state index is -0.810. The molecule has 0 aliphatic carbocycles. The van der Waals surface area contributed by atoms with E-state index in [1.165, 1.54) is 30.2 Å². The number of Topliss-reactive ketones (excluding diaryl/α,β-unsaturated/α-hetero) is 1. The van der Waals surface area contributed by atoms with Gasteiger partial charge in [-0.25, -0.2) is 9.18 Å². The van der Waals surface area contributed by atoms with Crippen molar-refractivity contribution in [3.8, 4) is 5.75 Å². The van der Waals surface area contributed by atoms with E-state index in [4.69, 9.17) is 16.2 Å². The van der Waals surface area contributed by atoms with Gasteiger partial charge < -0.3 is 16.2 Å². The molecule has 4 N–H and O–H groups in total. The summed E-state index contributed by atoms with van der Waals surface area (Å²) < 4.78 is 20.7. The molecule has 10 nitrogen and oxygen atoms in total. The number of amides is 1. The van der Waals surface area contributed by atoms with Crippen LogP contribution in [0.4, 0.5) is 10.2 Å². The van der Waals surface area contributed by atoms with E-state index in [-0.39, 0.29) is 49.4 Å². The number of benzene rings is 1. The molecule has 1 heterocycles. The molecule has 0 saturated carbocycles. The van der Waals surface area contributed by atoms with Gasteiger partial charge in [-0.3, -0.25) is 28.4 Å². The highest BCUT2D eigenvalue weighted by molar-refractivity contribution is 6.01. The molecule has 0 aliphatic rings. The van der Waals surface area contributed by atoms with Crippen LogP contribution >= 0.6 is 0 Å². The van der Waals surface area contributed by atoms with Crippen LogP contribution in [0, 0.1) is 5.82 Å². The molecular formula is C21H28FN5O5. The molecule has 0 aliphatic heterocycles. The standard InChI is InChI=1S/C21H28FN5O5/c1-5-26-20(30)18(15(28)10-25(12(2)3)11-17(23)29)19(24)27(21(26)31)9-13-6-7-14(22)16(8-13)32-4/h6-8,12H,5,9-11,24H2,1-4H3,(H2,23,29). The highest BCUT2D eigenvalue weighted by atomic mass is 19.1. The van der Waals surface area contributed by atoms with E-state index >= 15 is 0 Å². The number of halogens is 1. The van der Waals surface area contributed by atoms with Crippen LogP contribution in [0.5, 0.6) is 5.75 Å². The van der Waals surface area contributed by atoms with Gasteiger partial charge in [0.25, 0.3) is 5.56 Å². The molecule has 11 heteroatoms. The first-order valence-corrected chi connectivity index (χ1v) is 10.0. The van der Waals surface area contributed by atoms with Crippen LogP contribution in [0.15, 0.2) is 27.8 Å². The van der Waals surface area contributed by atoms with E-state index in [0.29, 0.717) is 5.56 Å². The van der Waals surface area contributed by atoms with Gasteiger partial charge in [0.2, 0.25) is 5.91 Å². The van der Waals surface area contributed by atoms with Crippen molar-refractivity contribution in [2.45, 2.75) is 39.9 Å². The normalized spacial score (nSPS) is 11.2. The van der Waals surface area contributed by atoms with Gasteiger partial charge in [-0.2, -0.15) is 0 Å². The molecule has 1 aromatic heterocycles. The number of carbonyl (C=O) groups excluding carboxylic acids is 2. The van der Waals surface area contributed by atoms with Gasteiger partial charge in [0.15, 0.2) is 17.3 Å². The molecule has 0 spiro atoms. The predicted octanol–water partition coefficient (Wildman–Crippen LogP) is 0.187. The lowest BCUT2D eigenvalue weighted by Gasteiger charge is -2.24. The van der Waals surface area contributed by atoms with Gasteiger partial charge in [0.05, 0.1) is 26.7 Å². The topological polar surface area (TPSA) is 143 Å². The summed E-state index contributed by atoms with van der Waals surface area (Å²) in [6.07, 6.45) is 0. The number of ketones is 1. The van der Waals surface area contributed by atoms with Crippen LogP contribution < -0.4 is 27.5 Å². The maximum absolute atomic E-state index is 13.7. The summed E-state index contributed by atoms with van der Waals surface area (Å²) >= 11 is 0. The molecule has 0 radical (unpaired) electrons. The highest BCUT2D eigenvalue weighted by Gasteiger charge is 2.25. The smallest absolute Gasteiger partial charge is 0.332 e. The summed E-state index contributed by atoms with van der Waals surface area (Å²) in [7, 11) is 1.31. The summed E-state index contributed by atoms with van der Waals surface area (Å²) in [4.78, 5) is 51.6. The average Bonchev–Trinajstić information content (AvgIpc) is 2.71. The molecule has 174 valence electrons. The maximum Gasteiger partial charge on any atom is 0.332 e. The number of nitrogen functional groups attached to an aromatic ring is 1. The fourth-order valence-corrected chi connectivity index (χ4v) is 3.28. The second-order valence-electron chi connectivity index (χ2n) is 7.54. The summed E-state index contributed by atoms with van der Waals surface area (Å²) in [5.74, 6) is -2.17. The van der Waals surface area contributed by atoms with Gasteiger partial charge in [0.1, 0.15) is 11.4 Å². The third kappa shape index (κ3) is 5.22. The van der Waals surface area contributed by atoms with E-state index in [1.807, 2.05) is 0 Å². The lowest BCUT2D eigenvalue weighted by atomic mass is 10.1. The fourth-order valence-electron chi connectivity index (χ4n) is 3.28. The Morgan fingerprint density at radius 3 is 2.38 bits per heavy atom. The van der Waals surface area contributed by atoms with Crippen LogP contribution in [0.3, 0.4) is 0 Å². The van der Waals surface area contributed by atoms with Gasteiger partial charge in [-0.05, 0) is 38.5 Å². The number of carbonyl (C=O) groups is 2. The molecule has 2 rings (SSSR count). The largest absolute Gasteiger partial charge is 0.494 e. The van der Waals surface area contributed by atoms with Crippen LogP contribution in [0.25, 0.3) is 0 Å². The number of anilines is 1. The quantitative estimate of drug-likeness (QED) is 0.493. The summed E-state index contributed by atoms with van der Waals surface area (Å²) in [6.45, 7) is 4.56. The first-order valence-electron chi connectivity index (χ1n) is 10.0. The molecule has 0 atom stereocenters. The van der Waals surface area contributed by atoms with Crippen LogP contribution in [-0.2, 0) is 17.9 Å². The van der Waals surface area contributed by atoms with Gasteiger partial charge in [-0.15, -0.1) is 0 Å². The lowest BCUT2D eigenvalue weighted by Crippen LogP contribution is -2.47. The minimum absolute atomic E-state index is 0.0140. The number of methoxy groups -OCH3 is 1. The Labute approximate surface area is 184 Å².